The topological polar surface area (TPSA) is 103 Å². The molecule has 0 bridgehead atoms. The van der Waals surface area contributed by atoms with Crippen LogP contribution in [0.25, 0.3) is 0 Å². The van der Waals surface area contributed by atoms with Crippen LogP contribution in [-0.4, -0.2) is 27.7 Å². The Morgan fingerprint density at radius 1 is 1.35 bits per heavy atom. The Hall–Kier alpha value is -1.83. The number of alkyl halides is 3. The van der Waals surface area contributed by atoms with Crippen LogP contribution >= 0.6 is 34.8 Å². The summed E-state index contributed by atoms with van der Waals surface area (Å²) >= 11 is 16.6. The van der Waals surface area contributed by atoms with Crippen molar-refractivity contribution < 1.29 is 19.2 Å². The Kier molecular flexibility index (Phi) is 6.37. The second-order valence-corrected chi connectivity index (χ2v) is 6.47. The molecule has 124 valence electrons. The van der Waals surface area contributed by atoms with Crippen LogP contribution in [0, 0.1) is 15.5 Å². The molecule has 1 aromatic rings. The number of non-ortho nitro benzene ring substituents is 1. The molecule has 1 N–H and O–H groups in total. The van der Waals surface area contributed by atoms with Crippen molar-refractivity contribution in [3.8, 4) is 0 Å². The maximum Gasteiger partial charge on any atom is 0.337 e. The fourth-order valence-corrected chi connectivity index (χ4v) is 1.67. The average Bonchev–Trinajstić information content (AvgIpc) is 2.50. The van der Waals surface area contributed by atoms with Crippen molar-refractivity contribution >= 4 is 52.4 Å². The highest BCUT2D eigenvalue weighted by atomic mass is 35.6. The number of methoxy groups -OCH3 is 1. The van der Waals surface area contributed by atoms with Gasteiger partial charge in [0.05, 0.1) is 17.6 Å². The molecule has 0 aliphatic carbocycles. The molecule has 10 heteroatoms. The number of rotatable bonds is 5. The zero-order valence-electron chi connectivity index (χ0n) is 11.7. The quantitative estimate of drug-likeness (QED) is 0.159. The third-order valence-corrected chi connectivity index (χ3v) is 3.18. The van der Waals surface area contributed by atoms with Gasteiger partial charge in [0.1, 0.15) is 0 Å². The molecule has 0 amide bonds. The Morgan fingerprint density at radius 3 is 2.26 bits per heavy atom. The van der Waals surface area contributed by atoms with Crippen LogP contribution in [0.3, 0.4) is 0 Å². The van der Waals surface area contributed by atoms with E-state index < -0.39 is 26.7 Å². The zero-order chi connectivity index (χ0) is 17.8. The van der Waals surface area contributed by atoms with Crippen LogP contribution in [0.2, 0.25) is 0 Å². The monoisotopic (exact) mass is 380 g/mol. The lowest BCUT2D eigenvalue weighted by Crippen LogP contribution is -2.26. The van der Waals surface area contributed by atoms with Crippen molar-refractivity contribution in [1.29, 1.82) is 5.41 Å². The van der Waals surface area contributed by atoms with Crippen molar-refractivity contribution in [2.75, 3.05) is 7.11 Å². The lowest BCUT2D eigenvalue weighted by Gasteiger charge is -2.23. The molecule has 0 spiro atoms. The Bertz CT molecular complexity index is 640. The molecule has 1 atom stereocenters. The molecule has 0 radical (unpaired) electrons. The molecule has 0 aliphatic rings. The predicted octanol–water partition coefficient (Wildman–Crippen LogP) is 3.73. The first kappa shape index (κ1) is 19.2. The first-order chi connectivity index (χ1) is 10.6. The van der Waals surface area contributed by atoms with Crippen LogP contribution in [0.15, 0.2) is 36.4 Å². The standard InChI is InChI=1S/C13H11Cl3N2O5/c1-7(11(19)22-2)10(23-12(17)13(14,15)16)8-3-5-9(6-4-8)18(20)21/h3-6,10,17H,1H2,2H3. The number of benzene rings is 1. The number of carbonyl (C=O) groups excluding carboxylic acids is 1. The number of hydrogen-bond acceptors (Lipinski definition) is 6. The van der Waals surface area contributed by atoms with Crippen LogP contribution in [-0.2, 0) is 14.3 Å². The van der Waals surface area contributed by atoms with Gasteiger partial charge in [-0.05, 0) is 17.7 Å². The molecular formula is C13H11Cl3N2O5. The molecule has 0 aliphatic heterocycles. The van der Waals surface area contributed by atoms with Crippen molar-refractivity contribution in [2.45, 2.75) is 9.90 Å². The van der Waals surface area contributed by atoms with E-state index in [1.165, 1.54) is 24.3 Å². The van der Waals surface area contributed by atoms with Gasteiger partial charge in [-0.25, -0.2) is 4.79 Å². The summed E-state index contributed by atoms with van der Waals surface area (Å²) in [6.07, 6.45) is -1.20. The molecule has 23 heavy (non-hydrogen) atoms. The Morgan fingerprint density at radius 2 is 1.87 bits per heavy atom. The largest absolute Gasteiger partial charge is 0.466 e. The van der Waals surface area contributed by atoms with E-state index in [4.69, 9.17) is 44.9 Å². The molecule has 0 fully saturated rings. The summed E-state index contributed by atoms with van der Waals surface area (Å²) < 4.78 is 7.61. The van der Waals surface area contributed by atoms with E-state index in [1.54, 1.807) is 0 Å². The molecular weight excluding hydrogens is 371 g/mol. The summed E-state index contributed by atoms with van der Waals surface area (Å²) in [5.74, 6) is -1.54. The fourth-order valence-electron chi connectivity index (χ4n) is 1.53. The molecule has 0 heterocycles. The number of nitrogens with one attached hydrogen (secondary N) is 1. The summed E-state index contributed by atoms with van der Waals surface area (Å²) in [5.41, 5.74) is -0.0296. The minimum Gasteiger partial charge on any atom is -0.466 e. The SMILES string of the molecule is C=C(C(=O)OC)C(OC(=N)C(Cl)(Cl)Cl)c1ccc([N+](=O)[O-])cc1. The predicted molar refractivity (Wildman–Crippen MR) is 86.1 cm³/mol. The first-order valence-electron chi connectivity index (χ1n) is 5.91. The number of nitro groups is 1. The van der Waals surface area contributed by atoms with Gasteiger partial charge in [-0.15, -0.1) is 0 Å². The van der Waals surface area contributed by atoms with E-state index in [9.17, 15) is 14.9 Å². The Labute approximate surface area is 146 Å². The van der Waals surface area contributed by atoms with Crippen LogP contribution < -0.4 is 0 Å². The van der Waals surface area contributed by atoms with Gasteiger partial charge in [0.25, 0.3) is 9.48 Å². The van der Waals surface area contributed by atoms with Crippen molar-refractivity contribution in [1.82, 2.24) is 0 Å². The van der Waals surface area contributed by atoms with Crippen LogP contribution in [0.5, 0.6) is 0 Å². The number of nitrogens with zero attached hydrogens (tertiary/aromatic N) is 1. The summed E-state index contributed by atoms with van der Waals surface area (Å²) in [4.78, 5) is 21.7. The molecule has 0 aromatic heterocycles. The highest BCUT2D eigenvalue weighted by molar-refractivity contribution is 6.76. The van der Waals surface area contributed by atoms with Gasteiger partial charge in [0, 0.05) is 12.1 Å². The smallest absolute Gasteiger partial charge is 0.337 e. The van der Waals surface area contributed by atoms with Gasteiger partial charge in [-0.2, -0.15) is 0 Å². The van der Waals surface area contributed by atoms with Crippen LogP contribution in [0.1, 0.15) is 11.7 Å². The maximum atomic E-state index is 11.7. The fraction of sp³-hybridized carbons (Fsp3) is 0.231. The van der Waals surface area contributed by atoms with Crippen molar-refractivity contribution in [3.63, 3.8) is 0 Å². The van der Waals surface area contributed by atoms with Crippen LogP contribution in [0.4, 0.5) is 5.69 Å². The normalized spacial score (nSPS) is 12.2. The third kappa shape index (κ3) is 5.09. The van der Waals surface area contributed by atoms with E-state index in [1.807, 2.05) is 0 Å². The summed E-state index contributed by atoms with van der Waals surface area (Å²) in [5, 5.41) is 18.3. The van der Waals surface area contributed by atoms with Gasteiger partial charge >= 0.3 is 5.97 Å². The van der Waals surface area contributed by atoms with Gasteiger partial charge in [0.15, 0.2) is 6.10 Å². The molecule has 1 aromatic carbocycles. The third-order valence-electron chi connectivity index (χ3n) is 2.66. The van der Waals surface area contributed by atoms with E-state index in [-0.39, 0.29) is 11.3 Å². The summed E-state index contributed by atoms with van der Waals surface area (Å²) in [6.45, 7) is 3.54. The van der Waals surface area contributed by atoms with Crippen molar-refractivity contribution in [2.24, 2.45) is 0 Å². The van der Waals surface area contributed by atoms with E-state index >= 15 is 0 Å². The maximum absolute atomic E-state index is 11.7. The number of carbonyl (C=O) groups is 1. The van der Waals surface area contributed by atoms with Gasteiger partial charge in [-0.1, -0.05) is 41.4 Å². The molecule has 7 nitrogen and oxygen atoms in total. The zero-order valence-corrected chi connectivity index (χ0v) is 14.0. The van der Waals surface area contributed by atoms with Gasteiger partial charge < -0.3 is 9.47 Å². The lowest BCUT2D eigenvalue weighted by atomic mass is 10.0. The highest BCUT2D eigenvalue weighted by Gasteiger charge is 2.33. The number of esters is 1. The summed E-state index contributed by atoms with van der Waals surface area (Å²) in [6, 6.07) is 5.08. The number of nitro benzene ring substituents is 1. The van der Waals surface area contributed by atoms with E-state index in [2.05, 4.69) is 11.3 Å². The Balaban J connectivity index is 3.18. The second-order valence-electron chi connectivity index (χ2n) is 4.19. The average molecular weight is 382 g/mol. The molecule has 0 saturated carbocycles. The summed E-state index contributed by atoms with van der Waals surface area (Å²) in [7, 11) is 1.14. The van der Waals surface area contributed by atoms with Gasteiger partial charge in [0.2, 0.25) is 5.90 Å². The number of hydrogen-bond donors (Lipinski definition) is 1. The second kappa shape index (κ2) is 7.63. The lowest BCUT2D eigenvalue weighted by molar-refractivity contribution is -0.384. The number of ether oxygens (including phenoxy) is 2. The molecule has 1 rings (SSSR count). The number of halogens is 3. The highest BCUT2D eigenvalue weighted by Crippen LogP contribution is 2.34. The van der Waals surface area contributed by atoms with E-state index in [0.717, 1.165) is 7.11 Å². The van der Waals surface area contributed by atoms with E-state index in [0.29, 0.717) is 5.56 Å². The molecule has 0 saturated heterocycles. The van der Waals surface area contributed by atoms with Crippen molar-refractivity contribution in [3.05, 3.63) is 52.1 Å². The minimum absolute atomic E-state index is 0.160. The minimum atomic E-state index is -2.14. The molecule has 1 unspecified atom stereocenters. The van der Waals surface area contributed by atoms with Gasteiger partial charge in [-0.3, -0.25) is 15.5 Å². The first-order valence-corrected chi connectivity index (χ1v) is 7.05.